The molecule has 5 nitrogen and oxygen atoms in total. The van der Waals surface area contributed by atoms with E-state index in [0.29, 0.717) is 24.4 Å². The predicted molar refractivity (Wildman–Crippen MR) is 121 cm³/mol. The molecule has 0 aliphatic carbocycles. The van der Waals surface area contributed by atoms with Crippen LogP contribution in [-0.4, -0.2) is 33.7 Å². The Morgan fingerprint density at radius 2 is 1.62 bits per heavy atom. The van der Waals surface area contributed by atoms with Gasteiger partial charge in [-0.05, 0) is 42.7 Å². The molecule has 2 aromatic rings. The van der Waals surface area contributed by atoms with Crippen LogP contribution in [0.3, 0.4) is 0 Å². The zero-order chi connectivity index (χ0) is 21.6. The fourth-order valence-corrected chi connectivity index (χ4v) is 4.43. The fourth-order valence-electron chi connectivity index (χ4n) is 2.64. The van der Waals surface area contributed by atoms with E-state index in [2.05, 4.69) is 5.32 Å². The first-order chi connectivity index (χ1) is 13.6. The predicted octanol–water partition coefficient (Wildman–Crippen LogP) is 5.21. The van der Waals surface area contributed by atoms with Crippen LogP contribution in [0, 0.1) is 0 Å². The van der Waals surface area contributed by atoms with E-state index in [9.17, 15) is 13.2 Å². The number of nitrogens with zero attached hydrogens (tertiary/aromatic N) is 1. The third-order valence-corrected chi connectivity index (χ3v) is 6.53. The molecule has 0 atom stereocenters. The summed E-state index contributed by atoms with van der Waals surface area (Å²) in [6.07, 6.45) is 2.23. The van der Waals surface area contributed by atoms with Crippen LogP contribution in [0.25, 0.3) is 0 Å². The van der Waals surface area contributed by atoms with Crippen LogP contribution in [0.15, 0.2) is 36.4 Å². The zero-order valence-corrected chi connectivity index (χ0v) is 19.4. The summed E-state index contributed by atoms with van der Waals surface area (Å²) in [6.45, 7) is 0.565. The van der Waals surface area contributed by atoms with E-state index in [0.717, 1.165) is 16.1 Å². The summed E-state index contributed by atoms with van der Waals surface area (Å²) in [6, 6.07) is 10.2. The van der Waals surface area contributed by atoms with Gasteiger partial charge in [-0.2, -0.15) is 0 Å². The molecule has 0 saturated heterocycles. The van der Waals surface area contributed by atoms with Crippen molar-refractivity contribution in [3.8, 4) is 0 Å². The van der Waals surface area contributed by atoms with Crippen molar-refractivity contribution in [3.05, 3.63) is 62.1 Å². The highest BCUT2D eigenvalue weighted by Gasteiger charge is 2.21. The van der Waals surface area contributed by atoms with Gasteiger partial charge in [0.05, 0.1) is 27.0 Å². The molecule has 0 unspecified atom stereocenters. The molecule has 0 aliphatic rings. The number of benzene rings is 2. The van der Waals surface area contributed by atoms with Crippen LogP contribution in [0.5, 0.6) is 0 Å². The first kappa shape index (κ1) is 24.1. The Balaban J connectivity index is 1.89. The van der Waals surface area contributed by atoms with Crippen molar-refractivity contribution in [2.45, 2.75) is 19.3 Å². The molecular formula is C19H20Cl4N2O3S. The molecule has 0 radical (unpaired) electrons. The lowest BCUT2D eigenvalue weighted by Gasteiger charge is -2.24. The lowest BCUT2D eigenvalue weighted by Crippen LogP contribution is -2.32. The molecule has 0 aliphatic heterocycles. The number of amides is 1. The van der Waals surface area contributed by atoms with E-state index in [-0.39, 0.29) is 39.6 Å². The summed E-state index contributed by atoms with van der Waals surface area (Å²) in [5.74, 6) is -0.160. The summed E-state index contributed by atoms with van der Waals surface area (Å²) in [4.78, 5) is 12.1. The lowest BCUT2D eigenvalue weighted by molar-refractivity contribution is -0.121. The van der Waals surface area contributed by atoms with E-state index in [1.807, 2.05) is 12.1 Å². The average Bonchev–Trinajstić information content (AvgIpc) is 2.63. The van der Waals surface area contributed by atoms with Gasteiger partial charge in [-0.15, -0.1) is 0 Å². The number of hydrogen-bond acceptors (Lipinski definition) is 3. The largest absolute Gasteiger partial charge is 0.356 e. The van der Waals surface area contributed by atoms with E-state index >= 15 is 0 Å². The third kappa shape index (κ3) is 7.54. The number of anilines is 1. The molecule has 0 heterocycles. The molecule has 1 N–H and O–H groups in total. The molecule has 1 amide bonds. The lowest BCUT2D eigenvalue weighted by atomic mass is 10.1. The molecule has 0 fully saturated rings. The minimum Gasteiger partial charge on any atom is -0.356 e. The van der Waals surface area contributed by atoms with Crippen molar-refractivity contribution in [3.63, 3.8) is 0 Å². The molecule has 0 bridgehead atoms. The summed E-state index contributed by atoms with van der Waals surface area (Å²) in [5, 5.41) is 4.07. The summed E-state index contributed by atoms with van der Waals surface area (Å²) >= 11 is 23.9. The van der Waals surface area contributed by atoms with Crippen LogP contribution < -0.4 is 9.62 Å². The van der Waals surface area contributed by atoms with E-state index in [4.69, 9.17) is 46.4 Å². The second-order valence-corrected chi connectivity index (χ2v) is 9.95. The Morgan fingerprint density at radius 3 is 2.24 bits per heavy atom. The van der Waals surface area contributed by atoms with Crippen LogP contribution in [-0.2, 0) is 21.2 Å². The number of rotatable bonds is 9. The highest BCUT2D eigenvalue weighted by Crippen LogP contribution is 2.35. The topological polar surface area (TPSA) is 66.5 Å². The number of carbonyl (C=O) groups excluding carboxylic acids is 1. The number of carbonyl (C=O) groups is 1. The molecule has 0 aromatic heterocycles. The van der Waals surface area contributed by atoms with Crippen molar-refractivity contribution in [2.75, 3.05) is 23.7 Å². The summed E-state index contributed by atoms with van der Waals surface area (Å²) in [5.41, 5.74) is 1.29. The van der Waals surface area contributed by atoms with Crippen molar-refractivity contribution in [1.82, 2.24) is 5.32 Å². The van der Waals surface area contributed by atoms with E-state index < -0.39 is 10.0 Å². The molecule has 0 spiro atoms. The van der Waals surface area contributed by atoms with Gasteiger partial charge in [-0.3, -0.25) is 9.10 Å². The van der Waals surface area contributed by atoms with Crippen LogP contribution in [0.4, 0.5) is 5.69 Å². The Labute approximate surface area is 190 Å². The first-order valence-electron chi connectivity index (χ1n) is 8.71. The first-order valence-corrected chi connectivity index (χ1v) is 12.1. The average molecular weight is 498 g/mol. The van der Waals surface area contributed by atoms with Gasteiger partial charge in [0.25, 0.3) is 0 Å². The van der Waals surface area contributed by atoms with Crippen molar-refractivity contribution in [2.24, 2.45) is 0 Å². The molecule has 2 aromatic carbocycles. The van der Waals surface area contributed by atoms with Crippen molar-refractivity contribution < 1.29 is 13.2 Å². The van der Waals surface area contributed by atoms with Gasteiger partial charge in [0, 0.05) is 24.5 Å². The summed E-state index contributed by atoms with van der Waals surface area (Å²) < 4.78 is 25.5. The molecule has 0 saturated carbocycles. The monoisotopic (exact) mass is 496 g/mol. The number of nitrogens with one attached hydrogen (secondary N) is 1. The molecule has 10 heteroatoms. The maximum absolute atomic E-state index is 12.2. The molecule has 2 rings (SSSR count). The molecule has 29 heavy (non-hydrogen) atoms. The smallest absolute Gasteiger partial charge is 0.232 e. The Kier molecular flexibility index (Phi) is 8.91. The van der Waals surface area contributed by atoms with Gasteiger partial charge >= 0.3 is 0 Å². The number of sulfonamides is 1. The minimum absolute atomic E-state index is 0.0844. The van der Waals surface area contributed by atoms with Crippen LogP contribution in [0.2, 0.25) is 20.1 Å². The Bertz CT molecular complexity index is 966. The molecular weight excluding hydrogens is 478 g/mol. The third-order valence-electron chi connectivity index (χ3n) is 4.07. The van der Waals surface area contributed by atoms with Gasteiger partial charge in [0.1, 0.15) is 0 Å². The highest BCUT2D eigenvalue weighted by molar-refractivity contribution is 7.92. The van der Waals surface area contributed by atoms with Gasteiger partial charge in [-0.1, -0.05) is 58.5 Å². The van der Waals surface area contributed by atoms with Gasteiger partial charge in [-0.25, -0.2) is 8.42 Å². The van der Waals surface area contributed by atoms with Crippen LogP contribution >= 0.6 is 46.4 Å². The quantitative estimate of drug-likeness (QED) is 0.484. The maximum atomic E-state index is 12.2. The zero-order valence-electron chi connectivity index (χ0n) is 15.6. The SMILES string of the molecule is CS(=O)(=O)N(CCCC(=O)NCCc1ccc(Cl)cc1)c1cc(Cl)c(Cl)cc1Cl. The highest BCUT2D eigenvalue weighted by atomic mass is 35.5. The van der Waals surface area contributed by atoms with Crippen molar-refractivity contribution >= 4 is 68.0 Å². The Morgan fingerprint density at radius 1 is 1.00 bits per heavy atom. The van der Waals surface area contributed by atoms with Crippen molar-refractivity contribution in [1.29, 1.82) is 0 Å². The van der Waals surface area contributed by atoms with E-state index in [1.165, 1.54) is 12.1 Å². The second kappa shape index (κ2) is 10.7. The maximum Gasteiger partial charge on any atom is 0.232 e. The van der Waals surface area contributed by atoms with Gasteiger partial charge in [0.15, 0.2) is 0 Å². The summed E-state index contributed by atoms with van der Waals surface area (Å²) in [7, 11) is -3.62. The van der Waals surface area contributed by atoms with E-state index in [1.54, 1.807) is 12.1 Å². The molecule has 158 valence electrons. The van der Waals surface area contributed by atoms with Crippen LogP contribution in [0.1, 0.15) is 18.4 Å². The second-order valence-electron chi connectivity index (χ2n) is 6.38. The number of hydrogen-bond donors (Lipinski definition) is 1. The normalized spacial score (nSPS) is 11.3. The fraction of sp³-hybridized carbons (Fsp3) is 0.316. The number of halogens is 4. The van der Waals surface area contributed by atoms with Gasteiger partial charge < -0.3 is 5.32 Å². The Hall–Kier alpha value is -1.18. The minimum atomic E-state index is -3.62. The van der Waals surface area contributed by atoms with Gasteiger partial charge in [0.2, 0.25) is 15.9 Å². The standard InChI is InChI=1S/C19H20Cl4N2O3S/c1-29(27,28)25(18-12-16(22)15(21)11-17(18)23)10-2-3-19(26)24-9-8-13-4-6-14(20)7-5-13/h4-7,11-12H,2-3,8-10H2,1H3,(H,24,26).